The van der Waals surface area contributed by atoms with Crippen LogP contribution in [0.3, 0.4) is 0 Å². The van der Waals surface area contributed by atoms with Gasteiger partial charge in [0.05, 0.1) is 3.57 Å². The molecular weight excluding hydrogens is 353 g/mol. The third-order valence-corrected chi connectivity index (χ3v) is 3.54. The normalized spacial score (nSPS) is 12.3. The van der Waals surface area contributed by atoms with E-state index in [4.69, 9.17) is 0 Å². The van der Waals surface area contributed by atoms with Crippen molar-refractivity contribution in [3.05, 3.63) is 27.3 Å². The van der Waals surface area contributed by atoms with Crippen LogP contribution >= 0.6 is 22.6 Å². The summed E-state index contributed by atoms with van der Waals surface area (Å²) in [6, 6.07) is 4.97. The van der Waals surface area contributed by atoms with Crippen LogP contribution in [-0.4, -0.2) is 16.6 Å². The zero-order chi connectivity index (χ0) is 14.8. The number of benzene rings is 1. The molecule has 1 aromatic carbocycles. The van der Waals surface area contributed by atoms with E-state index in [1.165, 1.54) is 6.07 Å². The predicted octanol–water partition coefficient (Wildman–Crippen LogP) is 3.94. The molecule has 19 heavy (non-hydrogen) atoms. The lowest BCUT2D eigenvalue weighted by molar-refractivity contribution is 0.0891. The fraction of sp³-hybridized carbons (Fsp3) is 0.533. The predicted molar refractivity (Wildman–Crippen MR) is 86.4 cm³/mol. The summed E-state index contributed by atoms with van der Waals surface area (Å²) in [5, 5.41) is 12.7. The van der Waals surface area contributed by atoms with E-state index in [-0.39, 0.29) is 22.6 Å². The van der Waals surface area contributed by atoms with E-state index in [0.29, 0.717) is 5.56 Å². The molecule has 1 rings (SSSR count). The molecule has 0 aromatic heterocycles. The van der Waals surface area contributed by atoms with Gasteiger partial charge >= 0.3 is 0 Å². The van der Waals surface area contributed by atoms with Gasteiger partial charge in [-0.1, -0.05) is 20.8 Å². The molecule has 2 N–H and O–H groups in total. The second-order valence-electron chi connectivity index (χ2n) is 6.74. The maximum atomic E-state index is 12.2. The molecule has 0 aliphatic heterocycles. The Morgan fingerprint density at radius 3 is 2.32 bits per heavy atom. The lowest BCUT2D eigenvalue weighted by atomic mass is 9.81. The molecule has 0 saturated heterocycles. The van der Waals surface area contributed by atoms with E-state index in [9.17, 15) is 9.90 Å². The average Bonchev–Trinajstić information content (AvgIpc) is 2.17. The number of amides is 1. The first-order valence-corrected chi connectivity index (χ1v) is 7.39. The van der Waals surface area contributed by atoms with Crippen LogP contribution in [0.1, 0.15) is 51.4 Å². The Morgan fingerprint density at radius 2 is 1.84 bits per heavy atom. The summed E-state index contributed by atoms with van der Waals surface area (Å²) >= 11 is 2.03. The second-order valence-corrected chi connectivity index (χ2v) is 7.90. The van der Waals surface area contributed by atoms with Crippen molar-refractivity contribution in [2.45, 2.75) is 46.6 Å². The highest BCUT2D eigenvalue weighted by Gasteiger charge is 2.27. The van der Waals surface area contributed by atoms with E-state index in [1.807, 2.05) is 36.4 Å². The van der Waals surface area contributed by atoms with Gasteiger partial charge in [0.2, 0.25) is 0 Å². The van der Waals surface area contributed by atoms with Gasteiger partial charge < -0.3 is 10.4 Å². The Kier molecular flexibility index (Phi) is 4.87. The first kappa shape index (κ1) is 16.3. The van der Waals surface area contributed by atoms with Gasteiger partial charge in [0.25, 0.3) is 5.91 Å². The van der Waals surface area contributed by atoms with Gasteiger partial charge in [-0.2, -0.15) is 0 Å². The van der Waals surface area contributed by atoms with Crippen molar-refractivity contribution in [2.24, 2.45) is 5.41 Å². The zero-order valence-corrected chi connectivity index (χ0v) is 14.3. The Hall–Kier alpha value is -0.780. The standard InChI is InChI=1S/C15H22INO2/c1-14(2,3)9-15(4,5)17-13(19)10-6-7-11(16)12(18)8-10/h6-8,18H,9H2,1-5H3,(H,17,19). The largest absolute Gasteiger partial charge is 0.507 e. The summed E-state index contributed by atoms with van der Waals surface area (Å²) < 4.78 is 0.739. The highest BCUT2D eigenvalue weighted by Crippen LogP contribution is 2.27. The topological polar surface area (TPSA) is 49.3 Å². The number of hydrogen-bond acceptors (Lipinski definition) is 2. The van der Waals surface area contributed by atoms with Crippen LogP contribution in [0, 0.1) is 8.99 Å². The number of phenolic OH excluding ortho intramolecular Hbond substituents is 1. The summed E-state index contributed by atoms with van der Waals surface area (Å²) in [5.74, 6) is -0.0113. The highest BCUT2D eigenvalue weighted by atomic mass is 127. The van der Waals surface area contributed by atoms with Gasteiger partial charge in [-0.15, -0.1) is 0 Å². The summed E-state index contributed by atoms with van der Waals surface area (Å²) in [7, 11) is 0. The number of nitrogens with one attached hydrogen (secondary N) is 1. The van der Waals surface area contributed by atoms with Crippen LogP contribution in [0.4, 0.5) is 0 Å². The van der Waals surface area contributed by atoms with Crippen LogP contribution in [0.15, 0.2) is 18.2 Å². The van der Waals surface area contributed by atoms with Crippen molar-refractivity contribution in [1.29, 1.82) is 0 Å². The molecule has 0 aliphatic carbocycles. The van der Waals surface area contributed by atoms with Gasteiger partial charge in [0.15, 0.2) is 0 Å². The molecule has 0 heterocycles. The van der Waals surface area contributed by atoms with Crippen molar-refractivity contribution in [1.82, 2.24) is 5.32 Å². The molecule has 1 amide bonds. The van der Waals surface area contributed by atoms with Gasteiger partial charge in [-0.25, -0.2) is 0 Å². The quantitative estimate of drug-likeness (QED) is 0.787. The molecule has 0 atom stereocenters. The maximum absolute atomic E-state index is 12.2. The van der Waals surface area contributed by atoms with Crippen LogP contribution in [0.2, 0.25) is 0 Å². The summed E-state index contributed by atoms with van der Waals surface area (Å²) in [4.78, 5) is 12.2. The van der Waals surface area contributed by atoms with Crippen LogP contribution in [-0.2, 0) is 0 Å². The molecule has 0 bridgehead atoms. The monoisotopic (exact) mass is 375 g/mol. The van der Waals surface area contributed by atoms with Gasteiger partial charge in [0, 0.05) is 11.1 Å². The number of phenols is 1. The lowest BCUT2D eigenvalue weighted by Crippen LogP contribution is -2.45. The van der Waals surface area contributed by atoms with Crippen molar-refractivity contribution >= 4 is 28.5 Å². The van der Waals surface area contributed by atoms with Crippen LogP contribution < -0.4 is 5.32 Å². The number of hydrogen-bond donors (Lipinski definition) is 2. The second kappa shape index (κ2) is 5.69. The molecule has 106 valence electrons. The molecule has 1 aromatic rings. The lowest BCUT2D eigenvalue weighted by Gasteiger charge is -2.33. The van der Waals surface area contributed by atoms with E-state index < -0.39 is 0 Å². The molecule has 3 nitrogen and oxygen atoms in total. The fourth-order valence-electron chi connectivity index (χ4n) is 2.40. The Bertz CT molecular complexity index is 476. The SMILES string of the molecule is CC(C)(C)CC(C)(C)NC(=O)c1ccc(I)c(O)c1. The molecular formula is C15H22INO2. The number of carbonyl (C=O) groups excluding carboxylic acids is 1. The minimum absolute atomic E-state index is 0.141. The van der Waals surface area contributed by atoms with E-state index >= 15 is 0 Å². The van der Waals surface area contributed by atoms with Gasteiger partial charge in [0.1, 0.15) is 5.75 Å². The van der Waals surface area contributed by atoms with E-state index in [2.05, 4.69) is 26.1 Å². The first-order valence-electron chi connectivity index (χ1n) is 6.31. The highest BCUT2D eigenvalue weighted by molar-refractivity contribution is 14.1. The number of aromatic hydroxyl groups is 1. The number of rotatable bonds is 3. The summed E-state index contributed by atoms with van der Waals surface area (Å²) in [6.07, 6.45) is 0.877. The molecule has 0 unspecified atom stereocenters. The Labute approximate surface area is 128 Å². The van der Waals surface area contributed by atoms with Gasteiger partial charge in [-0.05, 0) is 66.5 Å². The number of halogens is 1. The molecule has 4 heteroatoms. The average molecular weight is 375 g/mol. The minimum atomic E-state index is -0.284. The molecule has 0 aliphatic rings. The number of carbonyl (C=O) groups is 1. The van der Waals surface area contributed by atoms with Crippen molar-refractivity contribution in [3.8, 4) is 5.75 Å². The maximum Gasteiger partial charge on any atom is 0.251 e. The molecule has 0 radical (unpaired) electrons. The Balaban J connectivity index is 2.81. The smallest absolute Gasteiger partial charge is 0.251 e. The fourth-order valence-corrected chi connectivity index (χ4v) is 2.74. The zero-order valence-electron chi connectivity index (χ0n) is 12.2. The van der Waals surface area contributed by atoms with Crippen molar-refractivity contribution < 1.29 is 9.90 Å². The van der Waals surface area contributed by atoms with E-state index in [1.54, 1.807) is 12.1 Å². The first-order chi connectivity index (χ1) is 8.50. The minimum Gasteiger partial charge on any atom is -0.507 e. The molecule has 0 spiro atoms. The van der Waals surface area contributed by atoms with Crippen LogP contribution in [0.25, 0.3) is 0 Å². The van der Waals surface area contributed by atoms with E-state index in [0.717, 1.165) is 9.99 Å². The summed E-state index contributed by atoms with van der Waals surface area (Å²) in [6.45, 7) is 10.5. The third kappa shape index (κ3) is 5.38. The molecule has 0 saturated carbocycles. The Morgan fingerprint density at radius 1 is 1.26 bits per heavy atom. The van der Waals surface area contributed by atoms with Crippen molar-refractivity contribution in [2.75, 3.05) is 0 Å². The third-order valence-electron chi connectivity index (χ3n) is 2.63. The van der Waals surface area contributed by atoms with Gasteiger partial charge in [-0.3, -0.25) is 4.79 Å². The van der Waals surface area contributed by atoms with Crippen LogP contribution in [0.5, 0.6) is 5.75 Å². The molecule has 0 fully saturated rings. The van der Waals surface area contributed by atoms with Crippen molar-refractivity contribution in [3.63, 3.8) is 0 Å². The summed E-state index contributed by atoms with van der Waals surface area (Å²) in [5.41, 5.74) is 0.346.